The minimum Gasteiger partial charge on any atom is -0.382 e. The molecule has 0 rings (SSSR count). The number of rotatable bonds is 12. The Morgan fingerprint density at radius 2 is 1.81 bits per heavy atom. The predicted molar refractivity (Wildman–Crippen MR) is 65.8 cm³/mol. The summed E-state index contributed by atoms with van der Waals surface area (Å²) in [7, 11) is 1.68. The third-order valence-corrected chi connectivity index (χ3v) is 2.15. The number of methoxy groups -OCH3 is 1. The largest absolute Gasteiger partial charge is 0.382 e. The molecule has 1 atom stereocenters. The molecule has 0 saturated carbocycles. The lowest BCUT2D eigenvalue weighted by molar-refractivity contribution is 0.0457. The molecule has 0 aromatic heterocycles. The molecule has 16 heavy (non-hydrogen) atoms. The third-order valence-electron chi connectivity index (χ3n) is 2.15. The normalized spacial score (nSPS) is 12.9. The summed E-state index contributed by atoms with van der Waals surface area (Å²) in [6.07, 6.45) is 0.956. The van der Waals surface area contributed by atoms with E-state index >= 15 is 0 Å². The molecule has 0 aliphatic rings. The van der Waals surface area contributed by atoms with Crippen molar-refractivity contribution in [1.29, 1.82) is 0 Å². The molecule has 0 amide bonds. The average molecular weight is 233 g/mol. The van der Waals surface area contributed by atoms with E-state index in [0.29, 0.717) is 19.1 Å². The van der Waals surface area contributed by atoms with E-state index in [2.05, 4.69) is 19.2 Å². The molecular formula is C12H27NO3. The zero-order valence-electron chi connectivity index (χ0n) is 11.0. The number of nitrogens with one attached hydrogen (secondary N) is 1. The molecule has 98 valence electrons. The zero-order chi connectivity index (χ0) is 12.1. The van der Waals surface area contributed by atoms with Gasteiger partial charge in [0.1, 0.15) is 0 Å². The lowest BCUT2D eigenvalue weighted by Gasteiger charge is -2.12. The van der Waals surface area contributed by atoms with Gasteiger partial charge in [-0.1, -0.05) is 13.8 Å². The van der Waals surface area contributed by atoms with Gasteiger partial charge in [0.05, 0.1) is 19.8 Å². The van der Waals surface area contributed by atoms with Gasteiger partial charge < -0.3 is 19.5 Å². The van der Waals surface area contributed by atoms with Crippen molar-refractivity contribution >= 4 is 0 Å². The summed E-state index contributed by atoms with van der Waals surface area (Å²) >= 11 is 0. The average Bonchev–Trinajstić information content (AvgIpc) is 2.30. The molecule has 0 bridgehead atoms. The molecule has 0 spiro atoms. The highest BCUT2D eigenvalue weighted by atomic mass is 16.5. The highest BCUT2D eigenvalue weighted by molar-refractivity contribution is 4.54. The molecule has 0 radical (unpaired) electrons. The van der Waals surface area contributed by atoms with Crippen molar-refractivity contribution in [3.8, 4) is 0 Å². The molecule has 0 aliphatic carbocycles. The maximum atomic E-state index is 5.55. The van der Waals surface area contributed by atoms with Gasteiger partial charge in [-0.25, -0.2) is 0 Å². The lowest BCUT2D eigenvalue weighted by Crippen LogP contribution is -2.24. The fraction of sp³-hybridized carbons (Fsp3) is 1.00. The topological polar surface area (TPSA) is 39.7 Å². The molecule has 0 aromatic carbocycles. The van der Waals surface area contributed by atoms with Gasteiger partial charge in [0.15, 0.2) is 0 Å². The zero-order valence-corrected chi connectivity index (χ0v) is 11.0. The van der Waals surface area contributed by atoms with Crippen LogP contribution in [0.3, 0.4) is 0 Å². The molecule has 0 heterocycles. The van der Waals surface area contributed by atoms with Crippen LogP contribution in [0.15, 0.2) is 0 Å². The first-order valence-electron chi connectivity index (χ1n) is 6.16. The summed E-state index contributed by atoms with van der Waals surface area (Å²) in [4.78, 5) is 0. The molecule has 0 saturated heterocycles. The summed E-state index contributed by atoms with van der Waals surface area (Å²) in [5, 5.41) is 3.30. The van der Waals surface area contributed by atoms with Gasteiger partial charge in [0, 0.05) is 20.3 Å². The molecule has 0 aromatic rings. The van der Waals surface area contributed by atoms with Crippen LogP contribution in [0.1, 0.15) is 20.3 Å². The number of hydrogen-bond acceptors (Lipinski definition) is 4. The van der Waals surface area contributed by atoms with E-state index in [1.807, 2.05) is 0 Å². The van der Waals surface area contributed by atoms with E-state index in [4.69, 9.17) is 14.2 Å². The third kappa shape index (κ3) is 11.9. The van der Waals surface area contributed by atoms with Crippen molar-refractivity contribution in [3.63, 3.8) is 0 Å². The summed E-state index contributed by atoms with van der Waals surface area (Å²) in [5.74, 6) is 0.578. The second kappa shape index (κ2) is 12.9. The molecule has 0 fully saturated rings. The molecule has 1 N–H and O–H groups in total. The van der Waals surface area contributed by atoms with E-state index in [0.717, 1.165) is 39.3 Å². The maximum Gasteiger partial charge on any atom is 0.0700 e. The second-order valence-corrected chi connectivity index (χ2v) is 3.95. The molecular weight excluding hydrogens is 206 g/mol. The van der Waals surface area contributed by atoms with Gasteiger partial charge in [-0.2, -0.15) is 0 Å². The quantitative estimate of drug-likeness (QED) is 0.516. The smallest absolute Gasteiger partial charge is 0.0700 e. The van der Waals surface area contributed by atoms with Crippen LogP contribution in [0.2, 0.25) is 0 Å². The van der Waals surface area contributed by atoms with E-state index in [9.17, 15) is 0 Å². The number of hydrogen-bond donors (Lipinski definition) is 1. The summed E-state index contributed by atoms with van der Waals surface area (Å²) in [5.41, 5.74) is 0. The summed E-state index contributed by atoms with van der Waals surface area (Å²) in [6, 6.07) is 0. The van der Waals surface area contributed by atoms with Gasteiger partial charge in [-0.3, -0.25) is 0 Å². The maximum absolute atomic E-state index is 5.55. The summed E-state index contributed by atoms with van der Waals surface area (Å²) < 4.78 is 15.8. The Balaban J connectivity index is 3.02. The van der Waals surface area contributed by atoms with Crippen LogP contribution < -0.4 is 5.32 Å². The van der Waals surface area contributed by atoms with Gasteiger partial charge in [-0.05, 0) is 25.4 Å². The van der Waals surface area contributed by atoms with Crippen molar-refractivity contribution in [3.05, 3.63) is 0 Å². The van der Waals surface area contributed by atoms with Crippen LogP contribution in [0.5, 0.6) is 0 Å². The first kappa shape index (κ1) is 15.8. The van der Waals surface area contributed by atoms with E-state index < -0.39 is 0 Å². The predicted octanol–water partition coefficient (Wildman–Crippen LogP) is 1.30. The van der Waals surface area contributed by atoms with Crippen molar-refractivity contribution in [1.82, 2.24) is 5.32 Å². The molecule has 1 unspecified atom stereocenters. The Hall–Kier alpha value is -0.160. The molecule has 4 nitrogen and oxygen atoms in total. The minimum absolute atomic E-state index is 0.578. The van der Waals surface area contributed by atoms with Crippen LogP contribution in [-0.4, -0.2) is 53.2 Å². The van der Waals surface area contributed by atoms with Gasteiger partial charge >= 0.3 is 0 Å². The Morgan fingerprint density at radius 3 is 2.50 bits per heavy atom. The summed E-state index contributed by atoms with van der Waals surface area (Å²) in [6.45, 7) is 10.1. The van der Waals surface area contributed by atoms with Crippen LogP contribution in [-0.2, 0) is 14.2 Å². The van der Waals surface area contributed by atoms with Crippen LogP contribution in [0.4, 0.5) is 0 Å². The second-order valence-electron chi connectivity index (χ2n) is 3.95. The minimum atomic E-state index is 0.578. The Kier molecular flexibility index (Phi) is 12.8. The number of ether oxygens (including phenoxy) is 3. The SMILES string of the molecule is CCNCC(C)COCCCOCCOC. The van der Waals surface area contributed by atoms with E-state index in [1.165, 1.54) is 0 Å². The van der Waals surface area contributed by atoms with Gasteiger partial charge in [0.25, 0.3) is 0 Å². The van der Waals surface area contributed by atoms with Crippen LogP contribution in [0, 0.1) is 5.92 Å². The first-order valence-corrected chi connectivity index (χ1v) is 6.16. The van der Waals surface area contributed by atoms with Gasteiger partial charge in [-0.15, -0.1) is 0 Å². The van der Waals surface area contributed by atoms with E-state index in [-0.39, 0.29) is 0 Å². The van der Waals surface area contributed by atoms with Crippen molar-refractivity contribution < 1.29 is 14.2 Å². The highest BCUT2D eigenvalue weighted by Crippen LogP contribution is 1.95. The Morgan fingerprint density at radius 1 is 1.06 bits per heavy atom. The van der Waals surface area contributed by atoms with E-state index in [1.54, 1.807) is 7.11 Å². The molecule has 0 aliphatic heterocycles. The fourth-order valence-corrected chi connectivity index (χ4v) is 1.24. The Bertz CT molecular complexity index is 133. The standard InChI is InChI=1S/C12H27NO3/c1-4-13-10-12(2)11-16-7-5-6-15-9-8-14-3/h12-13H,4-11H2,1-3H3. The van der Waals surface area contributed by atoms with Crippen molar-refractivity contribution in [2.24, 2.45) is 5.92 Å². The monoisotopic (exact) mass is 233 g/mol. The van der Waals surface area contributed by atoms with Crippen LogP contribution in [0.25, 0.3) is 0 Å². The first-order chi connectivity index (χ1) is 7.81. The lowest BCUT2D eigenvalue weighted by atomic mass is 10.2. The van der Waals surface area contributed by atoms with Gasteiger partial charge in [0.2, 0.25) is 0 Å². The fourth-order valence-electron chi connectivity index (χ4n) is 1.24. The van der Waals surface area contributed by atoms with Crippen molar-refractivity contribution in [2.45, 2.75) is 20.3 Å². The Labute approximate surface area is 99.6 Å². The highest BCUT2D eigenvalue weighted by Gasteiger charge is 2.00. The van der Waals surface area contributed by atoms with Crippen molar-refractivity contribution in [2.75, 3.05) is 53.2 Å². The van der Waals surface area contributed by atoms with Crippen LogP contribution >= 0.6 is 0 Å². The molecule has 4 heteroatoms.